The van der Waals surface area contributed by atoms with Gasteiger partial charge in [-0.15, -0.1) is 0 Å². The molecule has 0 bridgehead atoms. The third kappa shape index (κ3) is 4.69. The van der Waals surface area contributed by atoms with Crippen LogP contribution in [-0.4, -0.2) is 42.1 Å². The van der Waals surface area contributed by atoms with Crippen LogP contribution in [0.2, 0.25) is 5.02 Å². The van der Waals surface area contributed by atoms with Gasteiger partial charge >= 0.3 is 0 Å². The maximum atomic E-state index is 12.4. The summed E-state index contributed by atoms with van der Waals surface area (Å²) in [6.07, 6.45) is 1.30. The fourth-order valence-electron chi connectivity index (χ4n) is 2.76. The first kappa shape index (κ1) is 21.1. The van der Waals surface area contributed by atoms with Crippen LogP contribution in [0.4, 0.5) is 5.69 Å². The van der Waals surface area contributed by atoms with E-state index < -0.39 is 11.8 Å². The summed E-state index contributed by atoms with van der Waals surface area (Å²) in [7, 11) is 2.90. The van der Waals surface area contributed by atoms with Crippen LogP contribution in [0.5, 0.6) is 11.5 Å². The number of nitrogens with one attached hydrogen (secondary N) is 2. The Hall–Kier alpha value is -3.59. The van der Waals surface area contributed by atoms with E-state index in [1.54, 1.807) is 24.3 Å². The van der Waals surface area contributed by atoms with E-state index in [-0.39, 0.29) is 18.6 Å². The number of amides is 2. The minimum atomic E-state index is -0.510. The Kier molecular flexibility index (Phi) is 6.53. The Morgan fingerprint density at radius 3 is 2.57 bits per heavy atom. The molecule has 0 aliphatic heterocycles. The summed E-state index contributed by atoms with van der Waals surface area (Å²) in [5, 5.41) is 5.78. The monoisotopic (exact) mass is 430 g/mol. The molecule has 2 amide bonds. The number of nitrogens with zero attached hydrogens (tertiary/aromatic N) is 2. The lowest BCUT2D eigenvalue weighted by atomic mass is 10.2. The number of aromatic nitrogens is 2. The van der Waals surface area contributed by atoms with Gasteiger partial charge in [0.05, 0.1) is 48.7 Å². The van der Waals surface area contributed by atoms with Crippen molar-refractivity contribution in [3.63, 3.8) is 0 Å². The minimum Gasteiger partial charge on any atom is -0.495 e. The number of rotatable bonds is 7. The number of carbonyl (C=O) groups is 2. The summed E-state index contributed by atoms with van der Waals surface area (Å²) >= 11 is 6.08. The molecule has 1 aromatic heterocycles. The van der Waals surface area contributed by atoms with E-state index in [9.17, 15) is 14.4 Å². The van der Waals surface area contributed by atoms with E-state index in [0.717, 1.165) is 0 Å². The molecule has 2 N–H and O–H groups in total. The number of fused-ring (bicyclic) bond motifs is 1. The van der Waals surface area contributed by atoms with E-state index >= 15 is 0 Å². The maximum Gasteiger partial charge on any atom is 0.261 e. The third-order valence-corrected chi connectivity index (χ3v) is 4.53. The standard InChI is InChI=1S/C20H19ClN4O5/c1-29-16-8-17(30-2)15(7-13(16)21)24-18(26)9-22-19(27)10-25-11-23-14-6-4-3-5-12(14)20(25)28/h3-8,11H,9-10H2,1-2H3,(H,22,27)(H,24,26). The van der Waals surface area contributed by atoms with Crippen LogP contribution in [0, 0.1) is 0 Å². The van der Waals surface area contributed by atoms with Gasteiger partial charge in [0, 0.05) is 6.07 Å². The normalized spacial score (nSPS) is 10.5. The highest BCUT2D eigenvalue weighted by Crippen LogP contribution is 2.35. The molecule has 0 unspecified atom stereocenters. The molecule has 3 aromatic rings. The highest BCUT2D eigenvalue weighted by molar-refractivity contribution is 6.32. The average Bonchev–Trinajstić information content (AvgIpc) is 2.74. The van der Waals surface area contributed by atoms with Gasteiger partial charge < -0.3 is 20.1 Å². The summed E-state index contributed by atoms with van der Waals surface area (Å²) in [6.45, 7) is -0.566. The molecule has 10 heteroatoms. The molecule has 0 saturated heterocycles. The van der Waals surface area contributed by atoms with Crippen LogP contribution >= 0.6 is 11.6 Å². The summed E-state index contributed by atoms with van der Waals surface area (Å²) < 4.78 is 11.5. The maximum absolute atomic E-state index is 12.4. The number of benzene rings is 2. The zero-order chi connectivity index (χ0) is 21.7. The van der Waals surface area contributed by atoms with Gasteiger partial charge in [-0.25, -0.2) is 4.98 Å². The zero-order valence-corrected chi connectivity index (χ0v) is 17.0. The molecular weight excluding hydrogens is 412 g/mol. The number of anilines is 1. The molecule has 0 radical (unpaired) electrons. The van der Waals surface area contributed by atoms with Gasteiger partial charge in [-0.05, 0) is 18.2 Å². The van der Waals surface area contributed by atoms with Crippen molar-refractivity contribution in [2.75, 3.05) is 26.1 Å². The number of ether oxygens (including phenoxy) is 2. The number of hydrogen-bond acceptors (Lipinski definition) is 6. The van der Waals surface area contributed by atoms with E-state index in [0.29, 0.717) is 33.1 Å². The Morgan fingerprint density at radius 2 is 1.83 bits per heavy atom. The van der Waals surface area contributed by atoms with Crippen molar-refractivity contribution in [1.29, 1.82) is 0 Å². The number of halogens is 1. The molecule has 2 aromatic carbocycles. The van der Waals surface area contributed by atoms with Gasteiger partial charge in [0.2, 0.25) is 11.8 Å². The molecule has 0 aliphatic carbocycles. The minimum absolute atomic E-state index is 0.262. The second kappa shape index (κ2) is 9.27. The van der Waals surface area contributed by atoms with E-state index in [1.165, 1.54) is 37.2 Å². The van der Waals surface area contributed by atoms with E-state index in [1.807, 2.05) is 0 Å². The fraction of sp³-hybridized carbons (Fsp3) is 0.200. The SMILES string of the molecule is COc1cc(OC)c(NC(=O)CNC(=O)Cn2cnc3ccccc3c2=O)cc1Cl. The Morgan fingerprint density at radius 1 is 1.10 bits per heavy atom. The summed E-state index contributed by atoms with van der Waals surface area (Å²) in [4.78, 5) is 41.0. The van der Waals surface area contributed by atoms with E-state index in [2.05, 4.69) is 15.6 Å². The second-order valence-corrected chi connectivity index (χ2v) is 6.61. The average molecular weight is 431 g/mol. The summed E-state index contributed by atoms with van der Waals surface area (Å²) in [5.41, 5.74) is 0.543. The topological polar surface area (TPSA) is 112 Å². The molecule has 9 nitrogen and oxygen atoms in total. The quantitative estimate of drug-likeness (QED) is 0.591. The van der Waals surface area contributed by atoms with Gasteiger partial charge in [-0.2, -0.15) is 0 Å². The fourth-order valence-corrected chi connectivity index (χ4v) is 3.00. The van der Waals surface area contributed by atoms with Crippen molar-refractivity contribution in [1.82, 2.24) is 14.9 Å². The largest absolute Gasteiger partial charge is 0.495 e. The lowest BCUT2D eigenvalue weighted by Gasteiger charge is -2.13. The van der Waals surface area contributed by atoms with Crippen molar-refractivity contribution in [3.05, 3.63) is 58.1 Å². The Labute approximate surface area is 176 Å². The third-order valence-electron chi connectivity index (χ3n) is 4.24. The molecule has 3 rings (SSSR count). The lowest BCUT2D eigenvalue weighted by molar-refractivity contribution is -0.124. The number of hydrogen-bond donors (Lipinski definition) is 2. The molecule has 1 heterocycles. The first-order chi connectivity index (χ1) is 14.4. The van der Waals surface area contributed by atoms with Gasteiger partial charge in [0.25, 0.3) is 5.56 Å². The molecule has 30 heavy (non-hydrogen) atoms. The number of carbonyl (C=O) groups excluding carboxylic acids is 2. The van der Waals surface area contributed by atoms with Crippen LogP contribution < -0.4 is 25.7 Å². The summed E-state index contributed by atoms with van der Waals surface area (Å²) in [6, 6.07) is 9.87. The van der Waals surface area contributed by atoms with E-state index in [4.69, 9.17) is 21.1 Å². The first-order valence-corrected chi connectivity index (χ1v) is 9.23. The van der Waals surface area contributed by atoms with Crippen molar-refractivity contribution in [2.24, 2.45) is 0 Å². The lowest BCUT2D eigenvalue weighted by Crippen LogP contribution is -2.37. The van der Waals surface area contributed by atoms with Gasteiger partial charge in [0.15, 0.2) is 0 Å². The smallest absolute Gasteiger partial charge is 0.261 e. The Balaban J connectivity index is 1.62. The molecule has 0 saturated carbocycles. The molecule has 0 aliphatic rings. The molecule has 0 fully saturated rings. The van der Waals surface area contributed by atoms with Gasteiger partial charge in [-0.3, -0.25) is 19.0 Å². The highest BCUT2D eigenvalue weighted by Gasteiger charge is 2.14. The Bertz CT molecular complexity index is 1160. The molecule has 0 atom stereocenters. The van der Waals surface area contributed by atoms with Crippen LogP contribution in [0.15, 0.2) is 47.5 Å². The van der Waals surface area contributed by atoms with Crippen molar-refractivity contribution < 1.29 is 19.1 Å². The highest BCUT2D eigenvalue weighted by atomic mass is 35.5. The predicted octanol–water partition coefficient (Wildman–Crippen LogP) is 1.82. The zero-order valence-electron chi connectivity index (χ0n) is 16.3. The van der Waals surface area contributed by atoms with Crippen molar-refractivity contribution in [3.8, 4) is 11.5 Å². The van der Waals surface area contributed by atoms with Crippen LogP contribution in [-0.2, 0) is 16.1 Å². The molecular formula is C20H19ClN4O5. The number of para-hydroxylation sites is 1. The second-order valence-electron chi connectivity index (χ2n) is 6.21. The molecule has 0 spiro atoms. The molecule has 156 valence electrons. The van der Waals surface area contributed by atoms with Crippen LogP contribution in [0.25, 0.3) is 10.9 Å². The van der Waals surface area contributed by atoms with Gasteiger partial charge in [-0.1, -0.05) is 23.7 Å². The van der Waals surface area contributed by atoms with Crippen LogP contribution in [0.1, 0.15) is 0 Å². The predicted molar refractivity (Wildman–Crippen MR) is 112 cm³/mol. The van der Waals surface area contributed by atoms with Gasteiger partial charge in [0.1, 0.15) is 18.0 Å². The van der Waals surface area contributed by atoms with Crippen LogP contribution in [0.3, 0.4) is 0 Å². The number of methoxy groups -OCH3 is 2. The van der Waals surface area contributed by atoms with Crippen molar-refractivity contribution in [2.45, 2.75) is 6.54 Å². The summed E-state index contributed by atoms with van der Waals surface area (Å²) in [5.74, 6) is -0.255. The van der Waals surface area contributed by atoms with Crippen molar-refractivity contribution >= 4 is 40.0 Å². The first-order valence-electron chi connectivity index (χ1n) is 8.85.